The molecule has 0 radical (unpaired) electrons. The summed E-state index contributed by atoms with van der Waals surface area (Å²) in [6, 6.07) is 4.03. The van der Waals surface area contributed by atoms with Crippen LogP contribution in [0.4, 0.5) is 0 Å². The third kappa shape index (κ3) is 2.91. The van der Waals surface area contributed by atoms with Crippen molar-refractivity contribution in [1.29, 1.82) is 0 Å². The van der Waals surface area contributed by atoms with Gasteiger partial charge in [-0.2, -0.15) is 0 Å². The van der Waals surface area contributed by atoms with Crippen molar-refractivity contribution in [2.45, 2.75) is 31.8 Å². The molecule has 0 bridgehead atoms. The van der Waals surface area contributed by atoms with Crippen LogP contribution in [0.2, 0.25) is 0 Å². The molecule has 112 valence electrons. The molecule has 3 heterocycles. The molecule has 0 aliphatic carbocycles. The van der Waals surface area contributed by atoms with Crippen LogP contribution in [-0.4, -0.2) is 34.0 Å². The van der Waals surface area contributed by atoms with Crippen molar-refractivity contribution in [3.8, 4) is 0 Å². The summed E-state index contributed by atoms with van der Waals surface area (Å²) in [5.74, 6) is -0.126. The van der Waals surface area contributed by atoms with Gasteiger partial charge in [0.25, 0.3) is 0 Å². The molecule has 0 aromatic carbocycles. The second-order valence-electron chi connectivity index (χ2n) is 5.65. The first-order valence-electron chi connectivity index (χ1n) is 7.16. The van der Waals surface area contributed by atoms with Gasteiger partial charge < -0.3 is 20.2 Å². The van der Waals surface area contributed by atoms with Crippen molar-refractivity contribution in [3.63, 3.8) is 0 Å². The minimum absolute atomic E-state index is 0.126. The van der Waals surface area contributed by atoms with Crippen LogP contribution in [0.25, 0.3) is 5.65 Å². The largest absolute Gasteiger partial charge is 0.381 e. The number of aromatic nitrogens is 2. The Labute approximate surface area is 123 Å². The number of rotatable bonds is 3. The standard InChI is InChI=1S/C15H20N4O2/c1-11-2-5-19-10-12(18-13(19)8-11)9-17-14(20)15(16)3-6-21-7-4-15/h2,5,8,10H,3-4,6-7,9,16H2,1H3,(H,17,20). The maximum atomic E-state index is 12.2. The Kier molecular flexibility index (Phi) is 3.65. The number of nitrogens with zero attached hydrogens (tertiary/aromatic N) is 2. The van der Waals surface area contributed by atoms with Gasteiger partial charge >= 0.3 is 0 Å². The zero-order chi connectivity index (χ0) is 14.9. The summed E-state index contributed by atoms with van der Waals surface area (Å²) >= 11 is 0. The van der Waals surface area contributed by atoms with E-state index in [1.54, 1.807) is 0 Å². The van der Waals surface area contributed by atoms with Crippen LogP contribution in [0.5, 0.6) is 0 Å². The Balaban J connectivity index is 1.67. The highest BCUT2D eigenvalue weighted by Crippen LogP contribution is 2.18. The van der Waals surface area contributed by atoms with Crippen LogP contribution < -0.4 is 11.1 Å². The lowest BCUT2D eigenvalue weighted by Gasteiger charge is -2.31. The minimum Gasteiger partial charge on any atom is -0.381 e. The average Bonchev–Trinajstić information content (AvgIpc) is 2.87. The first kappa shape index (κ1) is 14.0. The molecule has 3 rings (SSSR count). The van der Waals surface area contributed by atoms with Gasteiger partial charge in [-0.3, -0.25) is 4.79 Å². The van der Waals surface area contributed by atoms with E-state index in [1.807, 2.05) is 35.9 Å². The minimum atomic E-state index is -0.812. The highest BCUT2D eigenvalue weighted by molar-refractivity contribution is 5.86. The Morgan fingerprint density at radius 1 is 1.52 bits per heavy atom. The second kappa shape index (κ2) is 5.46. The first-order chi connectivity index (χ1) is 10.1. The Hall–Kier alpha value is -1.92. The predicted octanol–water partition coefficient (Wildman–Crippen LogP) is 0.767. The third-order valence-corrected chi connectivity index (χ3v) is 3.93. The maximum Gasteiger partial charge on any atom is 0.240 e. The third-order valence-electron chi connectivity index (χ3n) is 3.93. The van der Waals surface area contributed by atoms with E-state index in [9.17, 15) is 4.79 Å². The second-order valence-corrected chi connectivity index (χ2v) is 5.65. The Bertz CT molecular complexity index is 659. The van der Waals surface area contributed by atoms with Crippen LogP contribution in [0, 0.1) is 6.92 Å². The van der Waals surface area contributed by atoms with Gasteiger partial charge in [-0.05, 0) is 37.5 Å². The molecular weight excluding hydrogens is 268 g/mol. The summed E-state index contributed by atoms with van der Waals surface area (Å²) in [6.45, 7) is 3.49. The smallest absolute Gasteiger partial charge is 0.240 e. The predicted molar refractivity (Wildman–Crippen MR) is 78.7 cm³/mol. The van der Waals surface area contributed by atoms with Gasteiger partial charge in [0.15, 0.2) is 0 Å². The number of ether oxygens (including phenoxy) is 1. The van der Waals surface area contributed by atoms with Crippen molar-refractivity contribution in [1.82, 2.24) is 14.7 Å². The lowest BCUT2D eigenvalue weighted by Crippen LogP contribution is -2.56. The number of carbonyl (C=O) groups excluding carboxylic acids is 1. The van der Waals surface area contributed by atoms with Gasteiger partial charge in [0.05, 0.1) is 17.8 Å². The van der Waals surface area contributed by atoms with Crippen LogP contribution in [0.1, 0.15) is 24.1 Å². The fourth-order valence-corrected chi connectivity index (χ4v) is 2.53. The fourth-order valence-electron chi connectivity index (χ4n) is 2.53. The molecule has 1 fully saturated rings. The molecule has 0 saturated carbocycles. The van der Waals surface area contributed by atoms with Crippen LogP contribution >= 0.6 is 0 Å². The molecule has 1 saturated heterocycles. The number of imidazole rings is 1. The van der Waals surface area contributed by atoms with E-state index in [4.69, 9.17) is 10.5 Å². The van der Waals surface area contributed by atoms with Crippen molar-refractivity contribution >= 4 is 11.6 Å². The highest BCUT2D eigenvalue weighted by Gasteiger charge is 2.35. The molecule has 1 aliphatic heterocycles. The van der Waals surface area contributed by atoms with Gasteiger partial charge in [-0.15, -0.1) is 0 Å². The summed E-state index contributed by atoms with van der Waals surface area (Å²) in [5.41, 5.74) is 8.20. The Morgan fingerprint density at radius 3 is 3.05 bits per heavy atom. The number of hydrogen-bond donors (Lipinski definition) is 2. The average molecular weight is 288 g/mol. The summed E-state index contributed by atoms with van der Waals surface area (Å²) in [6.07, 6.45) is 5.00. The van der Waals surface area contributed by atoms with Crippen LogP contribution in [0.3, 0.4) is 0 Å². The zero-order valence-electron chi connectivity index (χ0n) is 12.1. The molecule has 3 N–H and O–H groups in total. The normalized spacial score (nSPS) is 17.8. The summed E-state index contributed by atoms with van der Waals surface area (Å²) < 4.78 is 7.20. The number of amides is 1. The number of hydrogen-bond acceptors (Lipinski definition) is 4. The van der Waals surface area contributed by atoms with Gasteiger partial charge in [0.1, 0.15) is 5.65 Å². The monoisotopic (exact) mass is 288 g/mol. The van der Waals surface area contributed by atoms with Crippen molar-refractivity contribution in [2.75, 3.05) is 13.2 Å². The quantitative estimate of drug-likeness (QED) is 0.874. The molecule has 0 unspecified atom stereocenters. The van der Waals surface area contributed by atoms with E-state index < -0.39 is 5.54 Å². The number of fused-ring (bicyclic) bond motifs is 1. The number of aryl methyl sites for hydroxylation is 1. The number of pyridine rings is 1. The van der Waals surface area contributed by atoms with Gasteiger partial charge in [-0.25, -0.2) is 4.98 Å². The summed E-state index contributed by atoms with van der Waals surface area (Å²) in [5, 5.41) is 2.89. The molecule has 6 nitrogen and oxygen atoms in total. The van der Waals surface area contributed by atoms with E-state index in [-0.39, 0.29) is 5.91 Å². The summed E-state index contributed by atoms with van der Waals surface area (Å²) in [7, 11) is 0. The molecule has 2 aromatic rings. The van der Waals surface area contributed by atoms with Crippen molar-refractivity contribution < 1.29 is 9.53 Å². The maximum absolute atomic E-state index is 12.2. The highest BCUT2D eigenvalue weighted by atomic mass is 16.5. The lowest BCUT2D eigenvalue weighted by atomic mass is 9.90. The van der Waals surface area contributed by atoms with E-state index in [0.717, 1.165) is 16.9 Å². The number of carbonyl (C=O) groups is 1. The molecule has 21 heavy (non-hydrogen) atoms. The van der Waals surface area contributed by atoms with Crippen molar-refractivity contribution in [3.05, 3.63) is 35.8 Å². The molecular formula is C15H20N4O2. The number of nitrogens with two attached hydrogens (primary N) is 1. The molecule has 1 amide bonds. The van der Waals surface area contributed by atoms with Gasteiger partial charge in [0, 0.05) is 25.6 Å². The van der Waals surface area contributed by atoms with Crippen LogP contribution in [-0.2, 0) is 16.1 Å². The molecule has 1 aliphatic rings. The van der Waals surface area contributed by atoms with Crippen LogP contribution in [0.15, 0.2) is 24.5 Å². The van der Waals surface area contributed by atoms with Gasteiger partial charge in [-0.1, -0.05) is 0 Å². The lowest BCUT2D eigenvalue weighted by molar-refractivity contribution is -0.129. The van der Waals surface area contributed by atoms with Crippen molar-refractivity contribution in [2.24, 2.45) is 5.73 Å². The molecule has 6 heteroatoms. The molecule has 2 aromatic heterocycles. The summed E-state index contributed by atoms with van der Waals surface area (Å²) in [4.78, 5) is 16.7. The van der Waals surface area contributed by atoms with E-state index in [0.29, 0.717) is 32.6 Å². The van der Waals surface area contributed by atoms with E-state index in [2.05, 4.69) is 10.3 Å². The first-order valence-corrected chi connectivity index (χ1v) is 7.16. The van der Waals surface area contributed by atoms with Gasteiger partial charge in [0.2, 0.25) is 5.91 Å². The zero-order valence-corrected chi connectivity index (χ0v) is 12.1. The Morgan fingerprint density at radius 2 is 2.29 bits per heavy atom. The number of nitrogens with one attached hydrogen (secondary N) is 1. The fraction of sp³-hybridized carbons (Fsp3) is 0.467. The topological polar surface area (TPSA) is 81.7 Å². The SMILES string of the molecule is Cc1ccn2cc(CNC(=O)C3(N)CCOCC3)nc2c1. The molecule has 0 atom stereocenters. The van der Waals surface area contributed by atoms with E-state index in [1.165, 1.54) is 0 Å². The van der Waals surface area contributed by atoms with E-state index >= 15 is 0 Å². The molecule has 0 spiro atoms.